The van der Waals surface area contributed by atoms with Crippen molar-refractivity contribution in [3.05, 3.63) is 68.1 Å². The number of para-hydroxylation sites is 1. The van der Waals surface area contributed by atoms with Gasteiger partial charge in [-0.05, 0) is 55.0 Å². The number of aromatic amines is 1. The lowest BCUT2D eigenvalue weighted by atomic mass is 10.2. The SMILES string of the molecule is CCC[C@@H](Oc1ccc(Br)cc1)C(=O)Nn1c(=S)[nH]c2ccccc2c1=O. The molecule has 0 radical (unpaired) electrons. The van der Waals surface area contributed by atoms with Gasteiger partial charge in [0.2, 0.25) is 0 Å². The van der Waals surface area contributed by atoms with Crippen LogP contribution in [-0.2, 0) is 4.79 Å². The fourth-order valence-corrected chi connectivity index (χ4v) is 3.13. The van der Waals surface area contributed by atoms with E-state index >= 15 is 0 Å². The van der Waals surface area contributed by atoms with Gasteiger partial charge in [-0.2, -0.15) is 4.68 Å². The highest BCUT2D eigenvalue weighted by atomic mass is 79.9. The number of carbonyl (C=O) groups excluding carboxylic acids is 1. The molecule has 1 heterocycles. The topological polar surface area (TPSA) is 76.1 Å². The van der Waals surface area contributed by atoms with E-state index in [0.717, 1.165) is 15.6 Å². The molecule has 0 aliphatic heterocycles. The van der Waals surface area contributed by atoms with Crippen LogP contribution in [0.2, 0.25) is 0 Å². The van der Waals surface area contributed by atoms with Gasteiger partial charge in [-0.15, -0.1) is 0 Å². The summed E-state index contributed by atoms with van der Waals surface area (Å²) in [6, 6.07) is 14.2. The van der Waals surface area contributed by atoms with Gasteiger partial charge in [0.25, 0.3) is 11.5 Å². The molecular formula is C19H18BrN3O3S. The minimum atomic E-state index is -0.746. The van der Waals surface area contributed by atoms with E-state index in [-0.39, 0.29) is 10.3 Å². The van der Waals surface area contributed by atoms with E-state index in [9.17, 15) is 9.59 Å². The van der Waals surface area contributed by atoms with E-state index in [1.54, 1.807) is 36.4 Å². The molecule has 1 amide bonds. The van der Waals surface area contributed by atoms with Crippen LogP contribution in [0, 0.1) is 4.77 Å². The molecule has 3 rings (SSSR count). The van der Waals surface area contributed by atoms with Crippen molar-refractivity contribution in [3.8, 4) is 5.75 Å². The number of fused-ring (bicyclic) bond motifs is 1. The first-order chi connectivity index (χ1) is 13.0. The Morgan fingerprint density at radius 2 is 1.96 bits per heavy atom. The fourth-order valence-electron chi connectivity index (χ4n) is 2.63. The van der Waals surface area contributed by atoms with Crippen molar-refractivity contribution in [2.45, 2.75) is 25.9 Å². The van der Waals surface area contributed by atoms with Gasteiger partial charge in [-0.3, -0.25) is 15.0 Å². The number of amides is 1. The highest BCUT2D eigenvalue weighted by Crippen LogP contribution is 2.18. The lowest BCUT2D eigenvalue weighted by Crippen LogP contribution is -2.41. The second kappa shape index (κ2) is 8.49. The summed E-state index contributed by atoms with van der Waals surface area (Å²) in [5, 5.41) is 0.437. The number of nitrogens with zero attached hydrogens (tertiary/aromatic N) is 1. The molecule has 140 valence electrons. The average Bonchev–Trinajstić information content (AvgIpc) is 2.66. The van der Waals surface area contributed by atoms with Gasteiger partial charge >= 0.3 is 0 Å². The van der Waals surface area contributed by atoms with Crippen LogP contribution in [0.3, 0.4) is 0 Å². The molecule has 1 aromatic heterocycles. The third-order valence-corrected chi connectivity index (χ3v) is 4.78. The number of hydrogen-bond donors (Lipinski definition) is 2. The quantitative estimate of drug-likeness (QED) is 0.556. The van der Waals surface area contributed by atoms with Gasteiger partial charge in [0.15, 0.2) is 10.9 Å². The van der Waals surface area contributed by atoms with Crippen LogP contribution in [0.4, 0.5) is 0 Å². The molecule has 0 spiro atoms. The summed E-state index contributed by atoms with van der Waals surface area (Å²) in [6.07, 6.45) is 0.498. The maximum absolute atomic E-state index is 12.7. The Bertz CT molecular complexity index is 1080. The molecule has 6 nitrogen and oxygen atoms in total. The predicted molar refractivity (Wildman–Crippen MR) is 111 cm³/mol. The molecular weight excluding hydrogens is 430 g/mol. The van der Waals surface area contributed by atoms with Crippen LogP contribution in [0.1, 0.15) is 19.8 Å². The molecule has 0 unspecified atom stereocenters. The lowest BCUT2D eigenvalue weighted by Gasteiger charge is -2.19. The number of nitrogens with one attached hydrogen (secondary N) is 2. The zero-order chi connectivity index (χ0) is 19.4. The molecule has 0 aliphatic rings. The Labute approximate surface area is 169 Å². The van der Waals surface area contributed by atoms with Crippen LogP contribution in [0.5, 0.6) is 5.75 Å². The molecule has 0 aliphatic carbocycles. The second-order valence-corrected chi connectivity index (χ2v) is 7.24. The third kappa shape index (κ3) is 4.45. The first-order valence-electron chi connectivity index (χ1n) is 8.46. The number of halogens is 1. The van der Waals surface area contributed by atoms with Gasteiger partial charge in [-0.1, -0.05) is 41.4 Å². The summed E-state index contributed by atoms with van der Waals surface area (Å²) in [5.74, 6) is 0.138. The van der Waals surface area contributed by atoms with E-state index in [1.807, 2.05) is 19.1 Å². The van der Waals surface area contributed by atoms with Crippen molar-refractivity contribution in [3.63, 3.8) is 0 Å². The van der Waals surface area contributed by atoms with Gasteiger partial charge in [0.1, 0.15) is 5.75 Å². The molecule has 2 N–H and O–H groups in total. The molecule has 0 saturated heterocycles. The Morgan fingerprint density at radius 1 is 1.26 bits per heavy atom. The maximum atomic E-state index is 12.7. The standard InChI is InChI=1S/C19H18BrN3O3S/c1-2-5-16(26-13-10-8-12(20)9-11-13)17(24)22-23-18(25)14-6-3-4-7-15(14)21-19(23)27/h3-4,6-11,16H,2,5H2,1H3,(H,21,27)(H,22,24)/t16-/m1/s1. The van der Waals surface area contributed by atoms with E-state index in [2.05, 4.69) is 26.3 Å². The van der Waals surface area contributed by atoms with Crippen LogP contribution < -0.4 is 15.7 Å². The number of carbonyl (C=O) groups is 1. The van der Waals surface area contributed by atoms with Gasteiger partial charge < -0.3 is 9.72 Å². The molecule has 0 fully saturated rings. The Kier molecular flexibility index (Phi) is 6.08. The van der Waals surface area contributed by atoms with Crippen molar-refractivity contribution < 1.29 is 9.53 Å². The zero-order valence-corrected chi connectivity index (χ0v) is 17.0. The average molecular weight is 448 g/mol. The highest BCUT2D eigenvalue weighted by Gasteiger charge is 2.21. The fraction of sp³-hybridized carbons (Fsp3) is 0.211. The van der Waals surface area contributed by atoms with Crippen LogP contribution in [-0.4, -0.2) is 21.7 Å². The maximum Gasteiger partial charge on any atom is 0.281 e. The summed E-state index contributed by atoms with van der Waals surface area (Å²) >= 11 is 8.59. The van der Waals surface area contributed by atoms with Crippen molar-refractivity contribution in [2.75, 3.05) is 5.43 Å². The summed E-state index contributed by atoms with van der Waals surface area (Å²) in [7, 11) is 0. The normalized spacial score (nSPS) is 11.9. The van der Waals surface area contributed by atoms with Crippen molar-refractivity contribution >= 4 is 45.0 Å². The van der Waals surface area contributed by atoms with E-state index in [4.69, 9.17) is 17.0 Å². The van der Waals surface area contributed by atoms with Crippen molar-refractivity contribution in [2.24, 2.45) is 0 Å². The summed E-state index contributed by atoms with van der Waals surface area (Å²) < 4.78 is 7.90. The van der Waals surface area contributed by atoms with Crippen molar-refractivity contribution in [1.29, 1.82) is 0 Å². The monoisotopic (exact) mass is 447 g/mol. The minimum Gasteiger partial charge on any atom is -0.481 e. The molecule has 0 bridgehead atoms. The number of H-pyrrole nitrogens is 1. The molecule has 27 heavy (non-hydrogen) atoms. The van der Waals surface area contributed by atoms with Crippen LogP contribution in [0.15, 0.2) is 57.8 Å². The Morgan fingerprint density at radius 3 is 2.67 bits per heavy atom. The predicted octanol–water partition coefficient (Wildman–Crippen LogP) is 4.14. The van der Waals surface area contributed by atoms with E-state index < -0.39 is 12.0 Å². The number of rotatable bonds is 6. The minimum absolute atomic E-state index is 0.117. The highest BCUT2D eigenvalue weighted by molar-refractivity contribution is 9.10. The molecule has 2 aromatic carbocycles. The van der Waals surface area contributed by atoms with Crippen LogP contribution >= 0.6 is 28.1 Å². The van der Waals surface area contributed by atoms with Gasteiger partial charge in [0.05, 0.1) is 10.9 Å². The van der Waals surface area contributed by atoms with Crippen molar-refractivity contribution in [1.82, 2.24) is 9.66 Å². The molecule has 1 atom stereocenters. The number of hydrogen-bond acceptors (Lipinski definition) is 4. The smallest absolute Gasteiger partial charge is 0.281 e. The first kappa shape index (κ1) is 19.3. The van der Waals surface area contributed by atoms with E-state index in [1.165, 1.54) is 0 Å². The number of aromatic nitrogens is 2. The van der Waals surface area contributed by atoms with Crippen LogP contribution in [0.25, 0.3) is 10.9 Å². The molecule has 3 aromatic rings. The second-order valence-electron chi connectivity index (χ2n) is 5.94. The van der Waals surface area contributed by atoms with Gasteiger partial charge in [0, 0.05) is 4.47 Å². The summed E-state index contributed by atoms with van der Waals surface area (Å²) in [6.45, 7) is 1.96. The van der Waals surface area contributed by atoms with Gasteiger partial charge in [-0.25, -0.2) is 0 Å². The summed E-state index contributed by atoms with van der Waals surface area (Å²) in [4.78, 5) is 28.4. The first-order valence-corrected chi connectivity index (χ1v) is 9.67. The number of benzene rings is 2. The Balaban J connectivity index is 1.87. The Hall–Kier alpha value is -2.45. The lowest BCUT2D eigenvalue weighted by molar-refractivity contribution is -0.124. The molecule has 0 saturated carbocycles. The third-order valence-electron chi connectivity index (χ3n) is 3.96. The van der Waals surface area contributed by atoms with E-state index in [0.29, 0.717) is 23.1 Å². The zero-order valence-electron chi connectivity index (χ0n) is 14.6. The largest absolute Gasteiger partial charge is 0.481 e. The summed E-state index contributed by atoms with van der Waals surface area (Å²) in [5.41, 5.74) is 2.81. The number of ether oxygens (including phenoxy) is 1. The molecule has 8 heteroatoms.